The summed E-state index contributed by atoms with van der Waals surface area (Å²) in [6, 6.07) is 16.2. The number of carbonyl (C=O) groups excluding carboxylic acids is 1. The summed E-state index contributed by atoms with van der Waals surface area (Å²) in [4.78, 5) is 14.5. The average Bonchev–Trinajstić information content (AvgIpc) is 3.20. The minimum absolute atomic E-state index is 0.108. The van der Waals surface area contributed by atoms with E-state index >= 15 is 0 Å². The molecule has 1 aliphatic heterocycles. The molecule has 3 aromatic rings. The van der Waals surface area contributed by atoms with Gasteiger partial charge < -0.3 is 10.2 Å². The summed E-state index contributed by atoms with van der Waals surface area (Å²) in [6.45, 7) is 3.80. The van der Waals surface area contributed by atoms with Crippen LogP contribution in [0.1, 0.15) is 24.1 Å². The molecule has 0 unspecified atom stereocenters. The van der Waals surface area contributed by atoms with Crippen LogP contribution in [0.2, 0.25) is 0 Å². The fourth-order valence-corrected chi connectivity index (χ4v) is 3.70. The van der Waals surface area contributed by atoms with Crippen molar-refractivity contribution in [1.82, 2.24) is 24.9 Å². The van der Waals surface area contributed by atoms with Gasteiger partial charge in [0.1, 0.15) is 5.82 Å². The average molecular weight is 390 g/mol. The van der Waals surface area contributed by atoms with Crippen LogP contribution >= 0.6 is 0 Å². The summed E-state index contributed by atoms with van der Waals surface area (Å²) >= 11 is 0. The zero-order valence-electron chi connectivity index (χ0n) is 16.7. The number of nitrogens with one attached hydrogen (secondary N) is 1. The second-order valence-corrected chi connectivity index (χ2v) is 7.55. The lowest BCUT2D eigenvalue weighted by atomic mass is 9.90. The number of nitrogens with zero attached hydrogens (tertiary/aromatic N) is 5. The van der Waals surface area contributed by atoms with Crippen LogP contribution in [-0.4, -0.2) is 50.4 Å². The number of carbonyl (C=O) groups is 1. The number of hydrogen-bond acceptors (Lipinski definition) is 5. The molecule has 1 aliphatic rings. The molecule has 0 spiro atoms. The Hall–Kier alpha value is -3.22. The minimum Gasteiger partial charge on any atom is -0.360 e. The summed E-state index contributed by atoms with van der Waals surface area (Å²) in [5, 5.41) is 15.7. The number of rotatable bonds is 6. The molecule has 29 heavy (non-hydrogen) atoms. The maximum Gasteiger partial charge on any atom is 0.241 e. The van der Waals surface area contributed by atoms with Gasteiger partial charge in [-0.3, -0.25) is 4.79 Å². The highest BCUT2D eigenvalue weighted by molar-refractivity contribution is 5.80. The molecular weight excluding hydrogens is 364 g/mol. The van der Waals surface area contributed by atoms with E-state index in [1.165, 1.54) is 5.56 Å². The van der Waals surface area contributed by atoms with Gasteiger partial charge in [-0.2, -0.15) is 5.10 Å². The number of amides is 1. The molecule has 1 N–H and O–H groups in total. The molecule has 0 saturated carbocycles. The molecule has 7 nitrogen and oxygen atoms in total. The highest BCUT2D eigenvalue weighted by Gasteiger charge is 2.22. The Bertz CT molecular complexity index is 929. The smallest absolute Gasteiger partial charge is 0.241 e. The SMILES string of the molecule is Cc1ccn(-c2ccc(NCC(=O)N3CCC(Cc4ccccc4)CC3)nn2)n1. The monoisotopic (exact) mass is 390 g/mol. The maximum absolute atomic E-state index is 12.5. The molecule has 0 radical (unpaired) electrons. The van der Waals surface area contributed by atoms with Gasteiger partial charge in [-0.15, -0.1) is 10.2 Å². The molecule has 2 aromatic heterocycles. The standard InChI is InChI=1S/C22H26N6O/c1-17-9-14-28(26-17)21-8-7-20(24-25-21)23-16-22(29)27-12-10-19(11-13-27)15-18-5-3-2-4-6-18/h2-9,14,19H,10-13,15-16H2,1H3,(H,23,24). The molecule has 0 aliphatic carbocycles. The number of piperidine rings is 1. The molecule has 0 atom stereocenters. The van der Waals surface area contributed by atoms with Crippen LogP contribution in [-0.2, 0) is 11.2 Å². The number of aryl methyl sites for hydroxylation is 1. The van der Waals surface area contributed by atoms with Crippen molar-refractivity contribution >= 4 is 11.7 Å². The molecular formula is C22H26N6O. The highest BCUT2D eigenvalue weighted by Crippen LogP contribution is 2.21. The first-order valence-electron chi connectivity index (χ1n) is 10.1. The molecule has 1 saturated heterocycles. The molecule has 7 heteroatoms. The van der Waals surface area contributed by atoms with E-state index in [9.17, 15) is 4.79 Å². The number of anilines is 1. The van der Waals surface area contributed by atoms with Crippen molar-refractivity contribution in [3.05, 3.63) is 66.0 Å². The van der Waals surface area contributed by atoms with Crippen molar-refractivity contribution in [2.45, 2.75) is 26.2 Å². The van der Waals surface area contributed by atoms with Gasteiger partial charge in [-0.05, 0) is 55.9 Å². The summed E-state index contributed by atoms with van der Waals surface area (Å²) < 4.78 is 1.68. The van der Waals surface area contributed by atoms with Crippen molar-refractivity contribution in [2.75, 3.05) is 25.0 Å². The van der Waals surface area contributed by atoms with Crippen molar-refractivity contribution in [3.8, 4) is 5.82 Å². The van der Waals surface area contributed by atoms with Crippen molar-refractivity contribution in [2.24, 2.45) is 5.92 Å². The van der Waals surface area contributed by atoms with E-state index in [2.05, 4.69) is 44.9 Å². The van der Waals surface area contributed by atoms with Crippen LogP contribution in [0.25, 0.3) is 5.82 Å². The van der Waals surface area contributed by atoms with E-state index in [-0.39, 0.29) is 12.5 Å². The van der Waals surface area contributed by atoms with Gasteiger partial charge in [-0.1, -0.05) is 30.3 Å². The Morgan fingerprint density at radius 2 is 1.86 bits per heavy atom. The summed E-state index contributed by atoms with van der Waals surface area (Å²) in [7, 11) is 0. The third kappa shape index (κ3) is 4.99. The molecule has 1 amide bonds. The largest absolute Gasteiger partial charge is 0.360 e. The number of hydrogen-bond donors (Lipinski definition) is 1. The van der Waals surface area contributed by atoms with E-state index in [1.807, 2.05) is 42.3 Å². The first-order valence-corrected chi connectivity index (χ1v) is 10.1. The third-order valence-electron chi connectivity index (χ3n) is 5.36. The van der Waals surface area contributed by atoms with Crippen LogP contribution in [0.5, 0.6) is 0 Å². The maximum atomic E-state index is 12.5. The van der Waals surface area contributed by atoms with Crippen molar-refractivity contribution in [3.63, 3.8) is 0 Å². The van der Waals surface area contributed by atoms with Crippen LogP contribution in [0.3, 0.4) is 0 Å². The van der Waals surface area contributed by atoms with Crippen LogP contribution in [0.15, 0.2) is 54.7 Å². The Balaban J connectivity index is 1.23. The lowest BCUT2D eigenvalue weighted by molar-refractivity contribution is -0.130. The van der Waals surface area contributed by atoms with E-state index < -0.39 is 0 Å². The summed E-state index contributed by atoms with van der Waals surface area (Å²) in [6.07, 6.45) is 5.05. The topological polar surface area (TPSA) is 75.9 Å². The van der Waals surface area contributed by atoms with E-state index in [1.54, 1.807) is 4.68 Å². The van der Waals surface area contributed by atoms with Gasteiger partial charge in [0.25, 0.3) is 0 Å². The van der Waals surface area contributed by atoms with Crippen LogP contribution in [0.4, 0.5) is 5.82 Å². The second-order valence-electron chi connectivity index (χ2n) is 7.55. The Kier molecular flexibility index (Phi) is 5.84. The Morgan fingerprint density at radius 1 is 1.07 bits per heavy atom. The van der Waals surface area contributed by atoms with Crippen molar-refractivity contribution in [1.29, 1.82) is 0 Å². The van der Waals surface area contributed by atoms with Gasteiger partial charge in [0.2, 0.25) is 5.91 Å². The van der Waals surface area contributed by atoms with Gasteiger partial charge in [0.05, 0.1) is 12.2 Å². The fourth-order valence-electron chi connectivity index (χ4n) is 3.70. The molecule has 1 aromatic carbocycles. The van der Waals surface area contributed by atoms with Crippen LogP contribution < -0.4 is 5.32 Å². The van der Waals surface area contributed by atoms with Crippen molar-refractivity contribution < 1.29 is 4.79 Å². The number of benzene rings is 1. The lowest BCUT2D eigenvalue weighted by Crippen LogP contribution is -2.41. The predicted molar refractivity (Wildman–Crippen MR) is 112 cm³/mol. The lowest BCUT2D eigenvalue weighted by Gasteiger charge is -2.32. The first kappa shape index (κ1) is 19.1. The number of likely N-dealkylation sites (tertiary alicyclic amines) is 1. The molecule has 0 bridgehead atoms. The molecule has 3 heterocycles. The van der Waals surface area contributed by atoms with E-state index in [0.29, 0.717) is 17.6 Å². The quantitative estimate of drug-likeness (QED) is 0.700. The minimum atomic E-state index is 0.108. The van der Waals surface area contributed by atoms with Gasteiger partial charge in [-0.25, -0.2) is 4.68 Å². The number of aromatic nitrogens is 4. The third-order valence-corrected chi connectivity index (χ3v) is 5.36. The Labute approximate surface area is 170 Å². The predicted octanol–water partition coefficient (Wildman–Crippen LogP) is 2.86. The molecule has 1 fully saturated rings. The molecule has 150 valence electrons. The summed E-state index contributed by atoms with van der Waals surface area (Å²) in [5.74, 6) is 2.00. The normalized spacial score (nSPS) is 14.7. The molecule has 4 rings (SSSR count). The van der Waals surface area contributed by atoms with Gasteiger partial charge >= 0.3 is 0 Å². The highest BCUT2D eigenvalue weighted by atomic mass is 16.2. The second kappa shape index (κ2) is 8.86. The Morgan fingerprint density at radius 3 is 2.52 bits per heavy atom. The zero-order chi connectivity index (χ0) is 20.1. The van der Waals surface area contributed by atoms with E-state index in [4.69, 9.17) is 0 Å². The summed E-state index contributed by atoms with van der Waals surface area (Å²) in [5.41, 5.74) is 2.30. The fraction of sp³-hybridized carbons (Fsp3) is 0.364. The van der Waals surface area contributed by atoms with Crippen LogP contribution in [0, 0.1) is 12.8 Å². The van der Waals surface area contributed by atoms with Gasteiger partial charge in [0, 0.05) is 19.3 Å². The van der Waals surface area contributed by atoms with E-state index in [0.717, 1.165) is 38.0 Å². The first-order chi connectivity index (χ1) is 14.2. The zero-order valence-corrected chi connectivity index (χ0v) is 16.7. The van der Waals surface area contributed by atoms with Gasteiger partial charge in [0.15, 0.2) is 5.82 Å².